The summed E-state index contributed by atoms with van der Waals surface area (Å²) >= 11 is 6.01. The zero-order valence-corrected chi connectivity index (χ0v) is 13.2. The smallest absolute Gasteiger partial charge is 0.0832 e. The first-order valence-corrected chi connectivity index (χ1v) is 7.11. The fourth-order valence-electron chi connectivity index (χ4n) is 1.81. The van der Waals surface area contributed by atoms with Crippen molar-refractivity contribution in [1.29, 1.82) is 0 Å². The fraction of sp³-hybridized carbons (Fsp3) is 0.467. The number of hydrogen-bond donors (Lipinski definition) is 1. The SMILES string of the molecule is Cc1nn(Cc2cccc(CNC(C)(C)C)n2)cc1Cl. The van der Waals surface area contributed by atoms with E-state index in [-0.39, 0.29) is 5.54 Å². The van der Waals surface area contributed by atoms with E-state index in [4.69, 9.17) is 11.6 Å². The van der Waals surface area contributed by atoms with Crippen LogP contribution < -0.4 is 5.32 Å². The van der Waals surface area contributed by atoms with Crippen LogP contribution in [0.2, 0.25) is 5.02 Å². The molecule has 2 aromatic rings. The molecule has 2 heterocycles. The maximum absolute atomic E-state index is 6.01. The molecule has 4 nitrogen and oxygen atoms in total. The first kappa shape index (κ1) is 15.0. The minimum Gasteiger partial charge on any atom is -0.306 e. The lowest BCUT2D eigenvalue weighted by Gasteiger charge is -2.20. The highest BCUT2D eigenvalue weighted by atomic mass is 35.5. The summed E-state index contributed by atoms with van der Waals surface area (Å²) in [5, 5.41) is 8.48. The van der Waals surface area contributed by atoms with Gasteiger partial charge in [0.15, 0.2) is 0 Å². The number of hydrogen-bond acceptors (Lipinski definition) is 3. The van der Waals surface area contributed by atoms with Crippen LogP contribution in [0.25, 0.3) is 0 Å². The standard InChI is InChI=1S/C15H21ClN4/c1-11-14(16)10-20(19-11)9-13-7-5-6-12(18-13)8-17-15(2,3)4/h5-7,10,17H,8-9H2,1-4H3. The Balaban J connectivity index is 2.06. The van der Waals surface area contributed by atoms with Crippen molar-refractivity contribution >= 4 is 11.6 Å². The molecule has 0 atom stereocenters. The maximum atomic E-state index is 6.01. The molecule has 0 saturated heterocycles. The van der Waals surface area contributed by atoms with Crippen molar-refractivity contribution in [2.45, 2.75) is 46.3 Å². The molecule has 0 bridgehead atoms. The molecule has 0 aliphatic heterocycles. The third-order valence-electron chi connectivity index (χ3n) is 2.87. The molecule has 108 valence electrons. The molecule has 0 amide bonds. The Morgan fingerprint density at radius 1 is 1.25 bits per heavy atom. The summed E-state index contributed by atoms with van der Waals surface area (Å²) in [5.74, 6) is 0. The third kappa shape index (κ3) is 4.32. The second-order valence-corrected chi connectivity index (χ2v) is 6.39. The van der Waals surface area contributed by atoms with E-state index in [1.165, 1.54) is 0 Å². The van der Waals surface area contributed by atoms with Gasteiger partial charge in [-0.3, -0.25) is 9.67 Å². The molecular weight excluding hydrogens is 272 g/mol. The first-order chi connectivity index (χ1) is 9.33. The van der Waals surface area contributed by atoms with E-state index in [0.717, 1.165) is 23.6 Å². The number of nitrogens with one attached hydrogen (secondary N) is 1. The Bertz CT molecular complexity index is 564. The van der Waals surface area contributed by atoms with E-state index in [2.05, 4.69) is 36.2 Å². The van der Waals surface area contributed by atoms with Crippen molar-refractivity contribution < 1.29 is 0 Å². The van der Waals surface area contributed by atoms with Crippen LogP contribution in [0.1, 0.15) is 37.9 Å². The van der Waals surface area contributed by atoms with Gasteiger partial charge in [-0.25, -0.2) is 0 Å². The Morgan fingerprint density at radius 2 is 1.95 bits per heavy atom. The minimum absolute atomic E-state index is 0.0876. The Labute approximate surface area is 125 Å². The Kier molecular flexibility index (Phi) is 4.45. The molecule has 20 heavy (non-hydrogen) atoms. The molecule has 1 N–H and O–H groups in total. The summed E-state index contributed by atoms with van der Waals surface area (Å²) in [6.07, 6.45) is 1.83. The lowest BCUT2D eigenvalue weighted by molar-refractivity contribution is 0.421. The molecule has 0 aliphatic carbocycles. The van der Waals surface area contributed by atoms with Crippen molar-refractivity contribution in [2.75, 3.05) is 0 Å². The quantitative estimate of drug-likeness (QED) is 0.941. The van der Waals surface area contributed by atoms with Crippen LogP contribution in [-0.2, 0) is 13.1 Å². The molecule has 0 aromatic carbocycles. The predicted molar refractivity (Wildman–Crippen MR) is 81.9 cm³/mol. The van der Waals surface area contributed by atoms with Gasteiger partial charge in [0, 0.05) is 18.3 Å². The lowest BCUT2D eigenvalue weighted by atomic mass is 10.1. The summed E-state index contributed by atoms with van der Waals surface area (Å²) in [4.78, 5) is 4.64. The number of pyridine rings is 1. The van der Waals surface area contributed by atoms with Gasteiger partial charge >= 0.3 is 0 Å². The summed E-state index contributed by atoms with van der Waals surface area (Å²) in [6.45, 7) is 9.73. The number of aryl methyl sites for hydroxylation is 1. The molecule has 0 saturated carbocycles. The third-order valence-corrected chi connectivity index (χ3v) is 3.25. The number of halogens is 1. The highest BCUT2D eigenvalue weighted by Gasteiger charge is 2.09. The van der Waals surface area contributed by atoms with Crippen LogP contribution in [0, 0.1) is 6.92 Å². The van der Waals surface area contributed by atoms with E-state index in [1.54, 1.807) is 0 Å². The Hall–Kier alpha value is -1.39. The average molecular weight is 293 g/mol. The summed E-state index contributed by atoms with van der Waals surface area (Å²) in [6, 6.07) is 6.06. The highest BCUT2D eigenvalue weighted by Crippen LogP contribution is 2.13. The number of aromatic nitrogens is 3. The van der Waals surface area contributed by atoms with Crippen molar-refractivity contribution in [3.05, 3.63) is 46.5 Å². The van der Waals surface area contributed by atoms with Gasteiger partial charge in [0.25, 0.3) is 0 Å². The van der Waals surface area contributed by atoms with Gasteiger partial charge in [0.05, 0.1) is 28.6 Å². The van der Waals surface area contributed by atoms with Gasteiger partial charge in [0.1, 0.15) is 0 Å². The second kappa shape index (κ2) is 5.94. The topological polar surface area (TPSA) is 42.7 Å². The highest BCUT2D eigenvalue weighted by molar-refractivity contribution is 6.31. The molecule has 0 radical (unpaired) electrons. The normalized spacial score (nSPS) is 11.8. The molecule has 0 unspecified atom stereocenters. The molecule has 0 aliphatic rings. The monoisotopic (exact) mass is 292 g/mol. The zero-order valence-electron chi connectivity index (χ0n) is 12.4. The average Bonchev–Trinajstić information content (AvgIpc) is 2.65. The minimum atomic E-state index is 0.0876. The van der Waals surface area contributed by atoms with E-state index in [0.29, 0.717) is 11.6 Å². The van der Waals surface area contributed by atoms with E-state index in [1.807, 2.05) is 36.0 Å². The molecule has 2 rings (SSSR count). The van der Waals surface area contributed by atoms with Gasteiger partial charge in [-0.2, -0.15) is 5.10 Å². The second-order valence-electron chi connectivity index (χ2n) is 5.98. The van der Waals surface area contributed by atoms with E-state index in [9.17, 15) is 0 Å². The van der Waals surface area contributed by atoms with Crippen LogP contribution in [-0.4, -0.2) is 20.3 Å². The van der Waals surface area contributed by atoms with Gasteiger partial charge in [0.2, 0.25) is 0 Å². The van der Waals surface area contributed by atoms with Crippen LogP contribution >= 0.6 is 11.6 Å². The molecule has 0 fully saturated rings. The summed E-state index contributed by atoms with van der Waals surface area (Å²) in [7, 11) is 0. The maximum Gasteiger partial charge on any atom is 0.0832 e. The van der Waals surface area contributed by atoms with Crippen LogP contribution in [0.3, 0.4) is 0 Å². The van der Waals surface area contributed by atoms with Crippen molar-refractivity contribution in [2.24, 2.45) is 0 Å². The molecule has 5 heteroatoms. The van der Waals surface area contributed by atoms with Crippen LogP contribution in [0.4, 0.5) is 0 Å². The van der Waals surface area contributed by atoms with Gasteiger partial charge < -0.3 is 5.32 Å². The number of rotatable bonds is 4. The fourth-order valence-corrected chi connectivity index (χ4v) is 1.96. The van der Waals surface area contributed by atoms with E-state index >= 15 is 0 Å². The van der Waals surface area contributed by atoms with Gasteiger partial charge in [-0.15, -0.1) is 0 Å². The zero-order chi connectivity index (χ0) is 14.8. The Morgan fingerprint density at radius 3 is 2.55 bits per heavy atom. The first-order valence-electron chi connectivity index (χ1n) is 6.73. The number of nitrogens with zero attached hydrogens (tertiary/aromatic N) is 3. The molecule has 2 aromatic heterocycles. The van der Waals surface area contributed by atoms with Crippen LogP contribution in [0.15, 0.2) is 24.4 Å². The molecular formula is C15H21ClN4. The lowest BCUT2D eigenvalue weighted by Crippen LogP contribution is -2.35. The molecule has 0 spiro atoms. The predicted octanol–water partition coefficient (Wildman–Crippen LogP) is 3.18. The largest absolute Gasteiger partial charge is 0.306 e. The van der Waals surface area contributed by atoms with Gasteiger partial charge in [-0.1, -0.05) is 17.7 Å². The van der Waals surface area contributed by atoms with Crippen molar-refractivity contribution in [1.82, 2.24) is 20.1 Å². The van der Waals surface area contributed by atoms with Crippen molar-refractivity contribution in [3.63, 3.8) is 0 Å². The summed E-state index contributed by atoms with van der Waals surface area (Å²) < 4.78 is 1.82. The van der Waals surface area contributed by atoms with Crippen LogP contribution in [0.5, 0.6) is 0 Å². The van der Waals surface area contributed by atoms with Crippen molar-refractivity contribution in [3.8, 4) is 0 Å². The summed E-state index contributed by atoms with van der Waals surface area (Å²) in [5.41, 5.74) is 2.95. The van der Waals surface area contributed by atoms with Gasteiger partial charge in [-0.05, 0) is 39.8 Å². The van der Waals surface area contributed by atoms with E-state index < -0.39 is 0 Å².